The fraction of sp³-hybridized carbons (Fsp3) is 0.381. The highest BCUT2D eigenvalue weighted by Crippen LogP contribution is 2.32. The van der Waals surface area contributed by atoms with Gasteiger partial charge < -0.3 is 15.0 Å². The van der Waals surface area contributed by atoms with Gasteiger partial charge in [-0.15, -0.1) is 34.7 Å². The van der Waals surface area contributed by atoms with Gasteiger partial charge in [0.15, 0.2) is 10.8 Å². The largest absolute Gasteiger partial charge is 0.573 e. The molecule has 192 valence electrons. The highest BCUT2D eigenvalue weighted by Gasteiger charge is 2.33. The molecule has 15 heteroatoms. The molecule has 0 atom stereocenters. The number of anilines is 2. The van der Waals surface area contributed by atoms with E-state index in [0.29, 0.717) is 23.8 Å². The number of piperazine rings is 1. The van der Waals surface area contributed by atoms with E-state index >= 15 is 0 Å². The van der Waals surface area contributed by atoms with Crippen LogP contribution in [0.5, 0.6) is 5.75 Å². The van der Waals surface area contributed by atoms with E-state index in [1.165, 1.54) is 11.3 Å². The Balaban J connectivity index is 1.48. The minimum absolute atomic E-state index is 0.000619. The van der Waals surface area contributed by atoms with Crippen molar-refractivity contribution in [2.24, 2.45) is 0 Å². The Labute approximate surface area is 212 Å². The Morgan fingerprint density at radius 3 is 2.56 bits per heavy atom. The van der Waals surface area contributed by atoms with Crippen LogP contribution in [0.2, 0.25) is 0 Å². The standard InChI is InChI=1S/C21H22F3N7O3S2/c1-12-25-15(11-35-12)19-28-29-20(36-19)27-18(33)13-3-4-16(34-21(22,23)24)14(9-13)26-17(32)10-31-7-5-30(2)6-8-31/h3-4,9,11H,5-8,10H2,1-2H3,(H,26,32)(H,27,29,33). The summed E-state index contributed by atoms with van der Waals surface area (Å²) in [7, 11) is 1.97. The summed E-state index contributed by atoms with van der Waals surface area (Å²) >= 11 is 2.56. The molecular weight excluding hydrogens is 519 g/mol. The van der Waals surface area contributed by atoms with E-state index in [-0.39, 0.29) is 22.9 Å². The predicted molar refractivity (Wildman–Crippen MR) is 129 cm³/mol. The number of halogens is 3. The van der Waals surface area contributed by atoms with E-state index < -0.39 is 23.9 Å². The Bertz CT molecular complexity index is 1240. The lowest BCUT2D eigenvalue weighted by Gasteiger charge is -2.31. The zero-order chi connectivity index (χ0) is 25.9. The van der Waals surface area contributed by atoms with E-state index in [1.54, 1.807) is 0 Å². The van der Waals surface area contributed by atoms with Crippen molar-refractivity contribution in [3.63, 3.8) is 0 Å². The summed E-state index contributed by atoms with van der Waals surface area (Å²) in [6.07, 6.45) is -4.97. The summed E-state index contributed by atoms with van der Waals surface area (Å²) in [4.78, 5) is 33.7. The number of rotatable bonds is 7. The van der Waals surface area contributed by atoms with Crippen LogP contribution in [-0.4, -0.2) is 82.9 Å². The summed E-state index contributed by atoms with van der Waals surface area (Å²) in [6, 6.07) is 3.28. The van der Waals surface area contributed by atoms with Gasteiger partial charge in [0.1, 0.15) is 5.69 Å². The van der Waals surface area contributed by atoms with Crippen LogP contribution in [0.25, 0.3) is 10.7 Å². The number of carbonyl (C=O) groups is 2. The molecule has 1 saturated heterocycles. The number of ether oxygens (including phenoxy) is 1. The van der Waals surface area contributed by atoms with Crippen molar-refractivity contribution >= 4 is 45.3 Å². The van der Waals surface area contributed by atoms with Gasteiger partial charge in [0.2, 0.25) is 11.0 Å². The van der Waals surface area contributed by atoms with Crippen molar-refractivity contribution in [2.45, 2.75) is 13.3 Å². The molecular formula is C21H22F3N7O3S2. The summed E-state index contributed by atoms with van der Waals surface area (Å²) in [5, 5.41) is 16.3. The molecule has 2 amide bonds. The first-order valence-electron chi connectivity index (χ1n) is 10.7. The van der Waals surface area contributed by atoms with E-state index in [9.17, 15) is 22.8 Å². The van der Waals surface area contributed by atoms with Crippen LogP contribution in [0.3, 0.4) is 0 Å². The molecule has 3 aromatic rings. The van der Waals surface area contributed by atoms with Crippen molar-refractivity contribution in [2.75, 3.05) is 50.4 Å². The number of alkyl halides is 3. The lowest BCUT2D eigenvalue weighted by atomic mass is 10.1. The number of carbonyl (C=O) groups excluding carboxylic acids is 2. The third kappa shape index (κ3) is 6.96. The maximum Gasteiger partial charge on any atom is 0.573 e. The molecule has 0 saturated carbocycles. The van der Waals surface area contributed by atoms with Crippen LogP contribution < -0.4 is 15.4 Å². The monoisotopic (exact) mass is 541 g/mol. The van der Waals surface area contributed by atoms with Crippen LogP contribution in [-0.2, 0) is 4.79 Å². The Morgan fingerprint density at radius 2 is 1.89 bits per heavy atom. The van der Waals surface area contributed by atoms with E-state index in [4.69, 9.17) is 0 Å². The number of benzene rings is 1. The lowest BCUT2D eigenvalue weighted by molar-refractivity contribution is -0.274. The van der Waals surface area contributed by atoms with Gasteiger partial charge in [-0.05, 0) is 32.2 Å². The van der Waals surface area contributed by atoms with Gasteiger partial charge in [0, 0.05) is 37.1 Å². The second-order valence-electron chi connectivity index (χ2n) is 8.00. The quantitative estimate of drug-likeness (QED) is 0.469. The third-order valence-electron chi connectivity index (χ3n) is 5.19. The topological polar surface area (TPSA) is 113 Å². The first-order valence-corrected chi connectivity index (χ1v) is 12.4. The van der Waals surface area contributed by atoms with Crippen molar-refractivity contribution in [3.05, 3.63) is 34.2 Å². The maximum atomic E-state index is 12.9. The van der Waals surface area contributed by atoms with Gasteiger partial charge >= 0.3 is 6.36 Å². The van der Waals surface area contributed by atoms with Gasteiger partial charge in [0.25, 0.3) is 5.91 Å². The number of hydrogen-bond donors (Lipinski definition) is 2. The van der Waals surface area contributed by atoms with Crippen molar-refractivity contribution in [3.8, 4) is 16.5 Å². The van der Waals surface area contributed by atoms with E-state index in [2.05, 4.69) is 35.5 Å². The van der Waals surface area contributed by atoms with Crippen LogP contribution in [0.15, 0.2) is 23.6 Å². The molecule has 36 heavy (non-hydrogen) atoms. The summed E-state index contributed by atoms with van der Waals surface area (Å²) < 4.78 is 42.8. The third-order valence-corrected chi connectivity index (χ3v) is 6.82. The second kappa shape index (κ2) is 10.9. The Kier molecular flexibility index (Phi) is 7.82. The summed E-state index contributed by atoms with van der Waals surface area (Å²) in [5.41, 5.74) is 0.366. The minimum Gasteiger partial charge on any atom is -0.404 e. The highest BCUT2D eigenvalue weighted by molar-refractivity contribution is 7.19. The fourth-order valence-electron chi connectivity index (χ4n) is 3.39. The van der Waals surface area contributed by atoms with Crippen molar-refractivity contribution in [1.29, 1.82) is 0 Å². The average molecular weight is 542 g/mol. The van der Waals surface area contributed by atoms with Gasteiger partial charge in [-0.1, -0.05) is 11.3 Å². The Morgan fingerprint density at radius 1 is 1.14 bits per heavy atom. The van der Waals surface area contributed by atoms with Gasteiger partial charge in [-0.25, -0.2) is 4.98 Å². The normalized spacial score (nSPS) is 15.0. The molecule has 1 aliphatic rings. The van der Waals surface area contributed by atoms with E-state index in [0.717, 1.165) is 47.6 Å². The van der Waals surface area contributed by atoms with Crippen LogP contribution >= 0.6 is 22.7 Å². The SMILES string of the molecule is Cc1nc(-c2nnc(NC(=O)c3ccc(OC(F)(F)F)c(NC(=O)CN4CCN(C)CC4)c3)s2)cs1. The summed E-state index contributed by atoms with van der Waals surface area (Å²) in [6.45, 7) is 4.72. The van der Waals surface area contributed by atoms with Crippen molar-refractivity contribution < 1.29 is 27.5 Å². The second-order valence-corrected chi connectivity index (χ2v) is 10.0. The van der Waals surface area contributed by atoms with Gasteiger partial charge in [-0.3, -0.25) is 19.8 Å². The molecule has 4 rings (SSSR count). The molecule has 10 nitrogen and oxygen atoms in total. The zero-order valence-electron chi connectivity index (χ0n) is 19.3. The molecule has 3 heterocycles. The molecule has 1 aromatic carbocycles. The Hall–Kier alpha value is -3.14. The molecule has 2 N–H and O–H groups in total. The zero-order valence-corrected chi connectivity index (χ0v) is 20.9. The van der Waals surface area contributed by atoms with Crippen molar-refractivity contribution in [1.82, 2.24) is 25.0 Å². The molecule has 0 bridgehead atoms. The number of amides is 2. The van der Waals surface area contributed by atoms with Gasteiger partial charge in [-0.2, -0.15) is 0 Å². The number of thiazole rings is 1. The maximum absolute atomic E-state index is 12.9. The number of aromatic nitrogens is 3. The minimum atomic E-state index is -4.97. The van der Waals surface area contributed by atoms with Crippen LogP contribution in [0.4, 0.5) is 24.0 Å². The molecule has 1 fully saturated rings. The molecule has 1 aliphatic heterocycles. The first kappa shape index (κ1) is 25.9. The number of likely N-dealkylation sites (N-methyl/N-ethyl adjacent to an activating group) is 1. The lowest BCUT2D eigenvalue weighted by Crippen LogP contribution is -2.47. The smallest absolute Gasteiger partial charge is 0.404 e. The predicted octanol–water partition coefficient (Wildman–Crippen LogP) is 3.31. The summed E-state index contributed by atoms with van der Waals surface area (Å²) in [5.74, 6) is -1.78. The van der Waals surface area contributed by atoms with Crippen LogP contribution in [0, 0.1) is 6.92 Å². The number of aryl methyl sites for hydroxylation is 1. The van der Waals surface area contributed by atoms with E-state index in [1.807, 2.05) is 24.3 Å². The molecule has 2 aromatic heterocycles. The van der Waals surface area contributed by atoms with Gasteiger partial charge in [0.05, 0.1) is 17.2 Å². The highest BCUT2D eigenvalue weighted by atomic mass is 32.1. The average Bonchev–Trinajstić information content (AvgIpc) is 3.44. The van der Waals surface area contributed by atoms with Crippen LogP contribution in [0.1, 0.15) is 15.4 Å². The molecule has 0 aliphatic carbocycles. The number of nitrogens with zero attached hydrogens (tertiary/aromatic N) is 5. The first-order chi connectivity index (χ1) is 17.1. The molecule has 0 spiro atoms. The molecule has 0 radical (unpaired) electrons. The number of hydrogen-bond acceptors (Lipinski definition) is 10. The molecule has 0 unspecified atom stereocenters. The fourth-order valence-corrected chi connectivity index (χ4v) is 4.76. The number of nitrogens with one attached hydrogen (secondary N) is 2.